The van der Waals surface area contributed by atoms with Gasteiger partial charge in [-0.05, 0) is 31.5 Å². The Kier molecular flexibility index (Phi) is 7.43. The van der Waals surface area contributed by atoms with Crippen LogP contribution in [0.2, 0.25) is 0 Å². The number of rotatable bonds is 9. The van der Waals surface area contributed by atoms with Crippen LogP contribution in [0.25, 0.3) is 0 Å². The number of ether oxygens (including phenoxy) is 2. The van der Waals surface area contributed by atoms with E-state index in [4.69, 9.17) is 15.2 Å². The maximum absolute atomic E-state index is 11.3. The molecule has 19 heavy (non-hydrogen) atoms. The lowest BCUT2D eigenvalue weighted by Crippen LogP contribution is -2.25. The van der Waals surface area contributed by atoms with E-state index in [2.05, 4.69) is 5.32 Å². The lowest BCUT2D eigenvalue weighted by atomic mass is 10.3. The van der Waals surface area contributed by atoms with Gasteiger partial charge in [-0.3, -0.25) is 4.79 Å². The summed E-state index contributed by atoms with van der Waals surface area (Å²) in [5, 5.41) is 2.83. The summed E-state index contributed by atoms with van der Waals surface area (Å²) >= 11 is 0. The molecule has 0 unspecified atom stereocenters. The summed E-state index contributed by atoms with van der Waals surface area (Å²) in [5.74, 6) is 1.59. The summed E-state index contributed by atoms with van der Waals surface area (Å²) in [7, 11) is 1.62. The van der Waals surface area contributed by atoms with Gasteiger partial charge in [0.25, 0.3) is 0 Å². The normalized spacial score (nSPS) is 10.0. The van der Waals surface area contributed by atoms with Gasteiger partial charge in [-0.2, -0.15) is 0 Å². The summed E-state index contributed by atoms with van der Waals surface area (Å²) in [6, 6.07) is 7.45. The second-order valence-electron chi connectivity index (χ2n) is 4.12. The van der Waals surface area contributed by atoms with Crippen molar-refractivity contribution >= 4 is 5.91 Å². The predicted octanol–water partition coefficient (Wildman–Crippen LogP) is 1.32. The Balaban J connectivity index is 2.11. The van der Waals surface area contributed by atoms with E-state index in [0.717, 1.165) is 24.3 Å². The molecular weight excluding hydrogens is 244 g/mol. The summed E-state index contributed by atoms with van der Waals surface area (Å²) in [6.45, 7) is 1.73. The number of nitrogens with one attached hydrogen (secondary N) is 1. The SMILES string of the molecule is COc1cccc(OCCCNC(=O)CCCN)c1. The summed E-state index contributed by atoms with van der Waals surface area (Å²) in [6.07, 6.45) is 1.99. The Morgan fingerprint density at radius 3 is 2.84 bits per heavy atom. The lowest BCUT2D eigenvalue weighted by Gasteiger charge is -2.08. The molecule has 0 saturated carbocycles. The minimum absolute atomic E-state index is 0.0480. The van der Waals surface area contributed by atoms with Gasteiger partial charge >= 0.3 is 0 Å². The second-order valence-corrected chi connectivity index (χ2v) is 4.12. The number of amides is 1. The van der Waals surface area contributed by atoms with E-state index < -0.39 is 0 Å². The molecule has 0 radical (unpaired) electrons. The van der Waals surface area contributed by atoms with Gasteiger partial charge < -0.3 is 20.5 Å². The molecular formula is C14H22N2O3. The van der Waals surface area contributed by atoms with E-state index >= 15 is 0 Å². The molecule has 0 aliphatic carbocycles. The topological polar surface area (TPSA) is 73.6 Å². The average molecular weight is 266 g/mol. The zero-order chi connectivity index (χ0) is 13.9. The highest BCUT2D eigenvalue weighted by Crippen LogP contribution is 2.18. The quantitative estimate of drug-likeness (QED) is 0.661. The maximum Gasteiger partial charge on any atom is 0.220 e. The highest BCUT2D eigenvalue weighted by atomic mass is 16.5. The Labute approximate surface area is 114 Å². The van der Waals surface area contributed by atoms with Crippen molar-refractivity contribution in [2.45, 2.75) is 19.3 Å². The van der Waals surface area contributed by atoms with Gasteiger partial charge in [0.05, 0.1) is 13.7 Å². The van der Waals surface area contributed by atoms with Crippen molar-refractivity contribution in [3.8, 4) is 11.5 Å². The van der Waals surface area contributed by atoms with Crippen molar-refractivity contribution in [2.24, 2.45) is 5.73 Å². The molecule has 106 valence electrons. The monoisotopic (exact) mass is 266 g/mol. The molecule has 0 bridgehead atoms. The molecule has 1 aromatic rings. The Bertz CT molecular complexity index is 383. The van der Waals surface area contributed by atoms with Crippen molar-refractivity contribution in [3.05, 3.63) is 24.3 Å². The molecule has 5 heteroatoms. The van der Waals surface area contributed by atoms with Gasteiger partial charge in [-0.25, -0.2) is 0 Å². The number of methoxy groups -OCH3 is 1. The minimum atomic E-state index is 0.0480. The Hall–Kier alpha value is -1.75. The van der Waals surface area contributed by atoms with Crippen molar-refractivity contribution in [1.82, 2.24) is 5.32 Å². The molecule has 0 aromatic heterocycles. The highest BCUT2D eigenvalue weighted by Gasteiger charge is 2.00. The van der Waals surface area contributed by atoms with E-state index in [1.54, 1.807) is 7.11 Å². The maximum atomic E-state index is 11.3. The summed E-state index contributed by atoms with van der Waals surface area (Å²) in [4.78, 5) is 11.3. The summed E-state index contributed by atoms with van der Waals surface area (Å²) in [5.41, 5.74) is 5.33. The third-order valence-electron chi connectivity index (χ3n) is 2.56. The van der Waals surface area contributed by atoms with Gasteiger partial charge in [0.15, 0.2) is 0 Å². The van der Waals surface area contributed by atoms with Crippen LogP contribution in [0.4, 0.5) is 0 Å². The van der Waals surface area contributed by atoms with Crippen LogP contribution >= 0.6 is 0 Å². The first-order valence-electron chi connectivity index (χ1n) is 6.50. The van der Waals surface area contributed by atoms with Crippen LogP contribution in [0.15, 0.2) is 24.3 Å². The second kappa shape index (κ2) is 9.22. The molecule has 1 rings (SSSR count). The first kappa shape index (κ1) is 15.3. The fraction of sp³-hybridized carbons (Fsp3) is 0.500. The number of hydrogen-bond acceptors (Lipinski definition) is 4. The van der Waals surface area contributed by atoms with E-state index in [0.29, 0.717) is 26.1 Å². The highest BCUT2D eigenvalue weighted by molar-refractivity contribution is 5.75. The molecule has 3 N–H and O–H groups in total. The Morgan fingerprint density at radius 2 is 2.11 bits per heavy atom. The molecule has 0 atom stereocenters. The predicted molar refractivity (Wildman–Crippen MR) is 74.4 cm³/mol. The summed E-state index contributed by atoms with van der Waals surface area (Å²) < 4.78 is 10.7. The average Bonchev–Trinajstić information content (AvgIpc) is 2.45. The van der Waals surface area contributed by atoms with Gasteiger partial charge in [0.1, 0.15) is 11.5 Å². The van der Waals surface area contributed by atoms with Gasteiger partial charge in [0.2, 0.25) is 5.91 Å². The van der Waals surface area contributed by atoms with Crippen LogP contribution in [-0.2, 0) is 4.79 Å². The fourth-order valence-electron chi connectivity index (χ4n) is 1.53. The first-order chi connectivity index (χ1) is 9.26. The minimum Gasteiger partial charge on any atom is -0.497 e. The molecule has 0 aliphatic heterocycles. The third kappa shape index (κ3) is 6.67. The van der Waals surface area contributed by atoms with Gasteiger partial charge in [0, 0.05) is 19.0 Å². The number of benzene rings is 1. The van der Waals surface area contributed by atoms with Gasteiger partial charge in [-0.15, -0.1) is 0 Å². The lowest BCUT2D eigenvalue weighted by molar-refractivity contribution is -0.121. The Morgan fingerprint density at radius 1 is 1.32 bits per heavy atom. The smallest absolute Gasteiger partial charge is 0.220 e. The molecule has 0 heterocycles. The molecule has 1 amide bonds. The van der Waals surface area contributed by atoms with E-state index in [-0.39, 0.29) is 5.91 Å². The molecule has 0 fully saturated rings. The largest absolute Gasteiger partial charge is 0.497 e. The zero-order valence-electron chi connectivity index (χ0n) is 11.4. The van der Waals surface area contributed by atoms with Crippen molar-refractivity contribution < 1.29 is 14.3 Å². The van der Waals surface area contributed by atoms with Crippen LogP contribution in [0.1, 0.15) is 19.3 Å². The molecule has 0 spiro atoms. The van der Waals surface area contributed by atoms with Crippen molar-refractivity contribution in [1.29, 1.82) is 0 Å². The standard InChI is InChI=1S/C14H22N2O3/c1-18-12-5-2-6-13(11-12)19-10-4-9-16-14(17)7-3-8-15/h2,5-6,11H,3-4,7-10,15H2,1H3,(H,16,17). The van der Waals surface area contributed by atoms with Crippen LogP contribution in [-0.4, -0.2) is 32.7 Å². The van der Waals surface area contributed by atoms with Crippen LogP contribution < -0.4 is 20.5 Å². The van der Waals surface area contributed by atoms with Crippen LogP contribution in [0.5, 0.6) is 11.5 Å². The van der Waals surface area contributed by atoms with Gasteiger partial charge in [-0.1, -0.05) is 6.07 Å². The number of hydrogen-bond donors (Lipinski definition) is 2. The fourth-order valence-corrected chi connectivity index (χ4v) is 1.53. The number of nitrogens with two attached hydrogens (primary N) is 1. The molecule has 0 aliphatic rings. The van der Waals surface area contributed by atoms with E-state index in [1.807, 2.05) is 24.3 Å². The van der Waals surface area contributed by atoms with Crippen LogP contribution in [0, 0.1) is 0 Å². The van der Waals surface area contributed by atoms with Crippen molar-refractivity contribution in [2.75, 3.05) is 26.8 Å². The van der Waals surface area contributed by atoms with E-state index in [9.17, 15) is 4.79 Å². The number of carbonyl (C=O) groups excluding carboxylic acids is 1. The van der Waals surface area contributed by atoms with Crippen LogP contribution in [0.3, 0.4) is 0 Å². The molecule has 1 aromatic carbocycles. The first-order valence-corrected chi connectivity index (χ1v) is 6.50. The zero-order valence-corrected chi connectivity index (χ0v) is 11.4. The molecule has 5 nitrogen and oxygen atoms in total. The van der Waals surface area contributed by atoms with E-state index in [1.165, 1.54) is 0 Å². The number of carbonyl (C=O) groups is 1. The third-order valence-corrected chi connectivity index (χ3v) is 2.56. The molecule has 0 saturated heterocycles. The van der Waals surface area contributed by atoms with Crippen molar-refractivity contribution in [3.63, 3.8) is 0 Å².